The molecule has 0 N–H and O–H groups in total. The molecule has 0 bridgehead atoms. The van der Waals surface area contributed by atoms with Crippen LogP contribution in [0.3, 0.4) is 0 Å². The van der Waals surface area contributed by atoms with E-state index in [4.69, 9.17) is 4.74 Å². The molecule has 1 fully saturated rings. The van der Waals surface area contributed by atoms with Gasteiger partial charge in [0.15, 0.2) is 6.10 Å². The van der Waals surface area contributed by atoms with Crippen LogP contribution in [0.25, 0.3) is 0 Å². The molecule has 0 aromatic heterocycles. The zero-order valence-electron chi connectivity index (χ0n) is 20.4. The van der Waals surface area contributed by atoms with Gasteiger partial charge in [-0.1, -0.05) is 72.8 Å². The van der Waals surface area contributed by atoms with Crippen molar-refractivity contribution < 1.29 is 17.9 Å². The van der Waals surface area contributed by atoms with E-state index >= 15 is 0 Å². The van der Waals surface area contributed by atoms with Crippen molar-refractivity contribution >= 4 is 21.6 Å². The predicted molar refractivity (Wildman–Crippen MR) is 141 cm³/mol. The quantitative estimate of drug-likeness (QED) is 0.513. The average molecular weight is 506 g/mol. The molecule has 0 saturated carbocycles. The summed E-state index contributed by atoms with van der Waals surface area (Å²) in [6, 6.07) is 27.9. The van der Waals surface area contributed by atoms with Crippen LogP contribution in [0.4, 0.5) is 5.69 Å². The molecule has 1 saturated heterocycles. The highest BCUT2D eigenvalue weighted by atomic mass is 32.2. The second-order valence-corrected chi connectivity index (χ2v) is 11.3. The summed E-state index contributed by atoms with van der Waals surface area (Å²) < 4.78 is 32.9. The Bertz CT molecular complexity index is 1250. The molecular weight excluding hydrogens is 474 g/mol. The SMILES string of the molecule is CCS(=O)(=O)N1C[C@H](C(=O)N2CCN(C(c3ccccc3)c3ccccc3)CC2)Oc2ccccc21. The molecule has 3 aromatic carbocycles. The minimum Gasteiger partial charge on any atom is -0.476 e. The van der Waals surface area contributed by atoms with Gasteiger partial charge in [0.1, 0.15) is 5.75 Å². The van der Waals surface area contributed by atoms with Crippen LogP contribution in [-0.4, -0.2) is 68.7 Å². The highest BCUT2D eigenvalue weighted by Gasteiger charge is 2.39. The number of hydrogen-bond donors (Lipinski definition) is 0. The average Bonchev–Trinajstić information content (AvgIpc) is 2.94. The minimum atomic E-state index is -3.54. The molecule has 2 aliphatic heterocycles. The highest BCUT2D eigenvalue weighted by molar-refractivity contribution is 7.92. The van der Waals surface area contributed by atoms with Crippen LogP contribution in [0.1, 0.15) is 24.1 Å². The van der Waals surface area contributed by atoms with Crippen molar-refractivity contribution in [3.8, 4) is 5.75 Å². The van der Waals surface area contributed by atoms with Crippen molar-refractivity contribution in [2.75, 3.05) is 42.8 Å². The Hall–Kier alpha value is -3.36. The largest absolute Gasteiger partial charge is 0.476 e. The highest BCUT2D eigenvalue weighted by Crippen LogP contribution is 2.36. The molecule has 2 heterocycles. The molecular formula is C28H31N3O4S. The van der Waals surface area contributed by atoms with E-state index < -0.39 is 16.1 Å². The summed E-state index contributed by atoms with van der Waals surface area (Å²) >= 11 is 0. The zero-order chi connectivity index (χ0) is 25.1. The van der Waals surface area contributed by atoms with Gasteiger partial charge in [0, 0.05) is 26.2 Å². The van der Waals surface area contributed by atoms with Gasteiger partial charge >= 0.3 is 0 Å². The molecule has 2 aliphatic rings. The Balaban J connectivity index is 1.32. The maximum Gasteiger partial charge on any atom is 0.265 e. The van der Waals surface area contributed by atoms with Gasteiger partial charge in [-0.2, -0.15) is 0 Å². The van der Waals surface area contributed by atoms with E-state index in [9.17, 15) is 13.2 Å². The lowest BCUT2D eigenvalue weighted by Gasteiger charge is -2.42. The van der Waals surface area contributed by atoms with Crippen molar-refractivity contribution in [1.29, 1.82) is 0 Å². The molecule has 3 aromatic rings. The Morgan fingerprint density at radius 1 is 0.861 bits per heavy atom. The van der Waals surface area contributed by atoms with E-state index in [0.29, 0.717) is 37.6 Å². The van der Waals surface area contributed by atoms with Gasteiger partial charge in [-0.15, -0.1) is 0 Å². The fourth-order valence-electron chi connectivity index (χ4n) is 5.04. The van der Waals surface area contributed by atoms with E-state index in [1.165, 1.54) is 15.4 Å². The van der Waals surface area contributed by atoms with Gasteiger partial charge in [0.2, 0.25) is 10.0 Å². The van der Waals surface area contributed by atoms with Crippen molar-refractivity contribution in [2.45, 2.75) is 19.1 Å². The van der Waals surface area contributed by atoms with Crippen LogP contribution < -0.4 is 9.04 Å². The Labute approximate surface area is 212 Å². The normalized spacial score (nSPS) is 18.6. The van der Waals surface area contributed by atoms with Crippen LogP contribution >= 0.6 is 0 Å². The van der Waals surface area contributed by atoms with Gasteiger partial charge in [-0.25, -0.2) is 8.42 Å². The number of rotatable bonds is 6. The summed E-state index contributed by atoms with van der Waals surface area (Å²) in [6.07, 6.45) is -0.869. The van der Waals surface area contributed by atoms with Gasteiger partial charge in [0.25, 0.3) is 5.91 Å². The number of benzene rings is 3. The van der Waals surface area contributed by atoms with E-state index in [0.717, 1.165) is 0 Å². The lowest BCUT2D eigenvalue weighted by Crippen LogP contribution is -2.56. The third-order valence-corrected chi connectivity index (χ3v) is 8.68. The summed E-state index contributed by atoms with van der Waals surface area (Å²) in [5.41, 5.74) is 2.93. The molecule has 5 rings (SSSR count). The maximum absolute atomic E-state index is 13.5. The molecule has 0 unspecified atom stereocenters. The standard InChI is InChI=1S/C28H31N3O4S/c1-2-36(33,34)31-21-26(35-25-16-10-9-15-24(25)31)28(32)30-19-17-29(18-20-30)27(22-11-5-3-6-12-22)23-13-7-4-8-14-23/h3-16,26-27H,2,17-21H2,1H3/t26-/m1/s1. The van der Waals surface area contributed by atoms with Gasteiger partial charge in [0.05, 0.1) is 24.0 Å². The first-order valence-corrected chi connectivity index (χ1v) is 14.0. The molecule has 36 heavy (non-hydrogen) atoms. The molecule has 1 atom stereocenters. The fraction of sp³-hybridized carbons (Fsp3) is 0.321. The van der Waals surface area contributed by atoms with E-state index in [-0.39, 0.29) is 24.2 Å². The minimum absolute atomic E-state index is 0.0110. The molecule has 0 spiro atoms. The zero-order valence-corrected chi connectivity index (χ0v) is 21.2. The molecule has 8 heteroatoms. The number of nitrogens with zero attached hydrogens (tertiary/aromatic N) is 3. The number of anilines is 1. The van der Waals surface area contributed by atoms with Crippen LogP contribution in [0, 0.1) is 0 Å². The van der Waals surface area contributed by atoms with Crippen LogP contribution in [0.15, 0.2) is 84.9 Å². The van der Waals surface area contributed by atoms with Crippen LogP contribution in [0.2, 0.25) is 0 Å². The van der Waals surface area contributed by atoms with Gasteiger partial charge < -0.3 is 9.64 Å². The number of carbonyl (C=O) groups excluding carboxylic acids is 1. The molecule has 7 nitrogen and oxygen atoms in total. The van der Waals surface area contributed by atoms with Crippen molar-refractivity contribution in [1.82, 2.24) is 9.80 Å². The lowest BCUT2D eigenvalue weighted by molar-refractivity contribution is -0.140. The Morgan fingerprint density at radius 3 is 2.00 bits per heavy atom. The number of para-hydroxylation sites is 2. The number of amides is 1. The van der Waals surface area contributed by atoms with E-state index in [1.54, 1.807) is 36.1 Å². The topological polar surface area (TPSA) is 70.2 Å². The summed E-state index contributed by atoms with van der Waals surface area (Å²) in [7, 11) is -3.54. The summed E-state index contributed by atoms with van der Waals surface area (Å²) in [5, 5.41) is 0. The summed E-state index contributed by atoms with van der Waals surface area (Å²) in [6.45, 7) is 4.12. The lowest BCUT2D eigenvalue weighted by atomic mass is 9.96. The Kier molecular flexibility index (Phi) is 6.98. The van der Waals surface area contributed by atoms with E-state index in [1.807, 2.05) is 12.1 Å². The first kappa shape index (κ1) is 24.3. The predicted octanol–water partition coefficient (Wildman–Crippen LogP) is 3.54. The number of ether oxygens (including phenoxy) is 1. The first-order chi connectivity index (χ1) is 17.5. The monoisotopic (exact) mass is 505 g/mol. The number of carbonyl (C=O) groups is 1. The summed E-state index contributed by atoms with van der Waals surface area (Å²) in [5.74, 6) is 0.212. The first-order valence-electron chi connectivity index (χ1n) is 12.4. The number of hydrogen-bond acceptors (Lipinski definition) is 5. The third kappa shape index (κ3) is 4.83. The maximum atomic E-state index is 13.5. The second kappa shape index (κ2) is 10.3. The van der Waals surface area contributed by atoms with E-state index in [2.05, 4.69) is 53.4 Å². The van der Waals surface area contributed by atoms with Crippen molar-refractivity contribution in [3.63, 3.8) is 0 Å². The van der Waals surface area contributed by atoms with Crippen molar-refractivity contribution in [2.24, 2.45) is 0 Å². The number of fused-ring (bicyclic) bond motifs is 1. The summed E-state index contributed by atoms with van der Waals surface area (Å²) in [4.78, 5) is 17.7. The Morgan fingerprint density at radius 2 is 1.42 bits per heavy atom. The number of sulfonamides is 1. The molecule has 1 amide bonds. The molecule has 0 aliphatic carbocycles. The number of piperazine rings is 1. The van der Waals surface area contributed by atoms with Gasteiger partial charge in [-0.3, -0.25) is 14.0 Å². The van der Waals surface area contributed by atoms with Crippen LogP contribution in [0.5, 0.6) is 5.75 Å². The van der Waals surface area contributed by atoms with Gasteiger partial charge in [-0.05, 0) is 30.2 Å². The van der Waals surface area contributed by atoms with Crippen molar-refractivity contribution in [3.05, 3.63) is 96.1 Å². The molecule has 0 radical (unpaired) electrons. The third-order valence-electron chi connectivity index (χ3n) is 6.93. The molecule has 188 valence electrons. The fourth-order valence-corrected chi connectivity index (χ4v) is 6.16. The van der Waals surface area contributed by atoms with Crippen LogP contribution in [-0.2, 0) is 14.8 Å². The second-order valence-electron chi connectivity index (χ2n) is 9.09. The smallest absolute Gasteiger partial charge is 0.265 e.